The quantitative estimate of drug-likeness (QED) is 0.794. The molecule has 1 aromatic rings. The van der Waals surface area contributed by atoms with Crippen LogP contribution in [-0.2, 0) is 11.3 Å². The van der Waals surface area contributed by atoms with Crippen molar-refractivity contribution in [3.05, 3.63) is 23.8 Å². The molecule has 0 aliphatic carbocycles. The first kappa shape index (κ1) is 14.3. The average Bonchev–Trinajstić information content (AvgIpc) is 2.37. The van der Waals surface area contributed by atoms with Gasteiger partial charge in [-0.2, -0.15) is 0 Å². The fourth-order valence-corrected chi connectivity index (χ4v) is 1.45. The van der Waals surface area contributed by atoms with E-state index in [2.05, 4.69) is 5.32 Å². The maximum absolute atomic E-state index is 11.3. The van der Waals surface area contributed by atoms with Crippen LogP contribution in [0.4, 0.5) is 0 Å². The molecule has 0 fully saturated rings. The standard InChI is InChI=1S/C13H20N2O3/c1-4-18-11-6-5-10(7-12(11)17-3)8-15-13(16)9(2)14/h5-7,9H,4,8,14H2,1-3H3,(H,15,16)/t9-/m0/s1. The molecule has 100 valence electrons. The Labute approximate surface area is 107 Å². The molecular formula is C13H20N2O3. The highest BCUT2D eigenvalue weighted by molar-refractivity contribution is 5.80. The molecule has 5 heteroatoms. The molecular weight excluding hydrogens is 232 g/mol. The minimum atomic E-state index is -0.505. The van der Waals surface area contributed by atoms with Crippen molar-refractivity contribution in [2.24, 2.45) is 5.73 Å². The number of nitrogens with two attached hydrogens (primary N) is 1. The number of hydrogen-bond acceptors (Lipinski definition) is 4. The van der Waals surface area contributed by atoms with Crippen molar-refractivity contribution in [3.8, 4) is 11.5 Å². The summed E-state index contributed by atoms with van der Waals surface area (Å²) in [7, 11) is 1.59. The van der Waals surface area contributed by atoms with Gasteiger partial charge < -0.3 is 20.5 Å². The maximum Gasteiger partial charge on any atom is 0.236 e. The van der Waals surface area contributed by atoms with E-state index in [0.29, 0.717) is 24.7 Å². The number of methoxy groups -OCH3 is 1. The number of hydrogen-bond donors (Lipinski definition) is 2. The Morgan fingerprint density at radius 3 is 2.72 bits per heavy atom. The van der Waals surface area contributed by atoms with E-state index in [0.717, 1.165) is 5.56 Å². The lowest BCUT2D eigenvalue weighted by Gasteiger charge is -2.12. The van der Waals surface area contributed by atoms with Crippen LogP contribution < -0.4 is 20.5 Å². The Morgan fingerprint density at radius 1 is 1.44 bits per heavy atom. The first-order valence-corrected chi connectivity index (χ1v) is 5.91. The predicted molar refractivity (Wildman–Crippen MR) is 69.7 cm³/mol. The molecule has 0 radical (unpaired) electrons. The minimum absolute atomic E-state index is 0.178. The molecule has 1 aromatic carbocycles. The number of carbonyl (C=O) groups excluding carboxylic acids is 1. The van der Waals surface area contributed by atoms with Crippen LogP contribution in [0.5, 0.6) is 11.5 Å². The van der Waals surface area contributed by atoms with Crippen LogP contribution in [0.15, 0.2) is 18.2 Å². The SMILES string of the molecule is CCOc1ccc(CNC(=O)[C@H](C)N)cc1OC. The van der Waals surface area contributed by atoms with Crippen LogP contribution in [-0.4, -0.2) is 25.7 Å². The lowest BCUT2D eigenvalue weighted by Crippen LogP contribution is -2.37. The fraction of sp³-hybridized carbons (Fsp3) is 0.462. The minimum Gasteiger partial charge on any atom is -0.493 e. The van der Waals surface area contributed by atoms with Gasteiger partial charge in [0.15, 0.2) is 11.5 Å². The molecule has 0 unspecified atom stereocenters. The molecule has 0 bridgehead atoms. The average molecular weight is 252 g/mol. The summed E-state index contributed by atoms with van der Waals surface area (Å²) in [4.78, 5) is 11.3. The van der Waals surface area contributed by atoms with Gasteiger partial charge in [0.05, 0.1) is 19.8 Å². The van der Waals surface area contributed by atoms with Crippen molar-refractivity contribution in [1.29, 1.82) is 0 Å². The second kappa shape index (κ2) is 6.86. The molecule has 0 aliphatic rings. The summed E-state index contributed by atoms with van der Waals surface area (Å²) >= 11 is 0. The van der Waals surface area contributed by atoms with Crippen LogP contribution >= 0.6 is 0 Å². The monoisotopic (exact) mass is 252 g/mol. The fourth-order valence-electron chi connectivity index (χ4n) is 1.45. The topological polar surface area (TPSA) is 73.6 Å². The lowest BCUT2D eigenvalue weighted by atomic mass is 10.2. The summed E-state index contributed by atoms with van der Waals surface area (Å²) in [6, 6.07) is 5.05. The van der Waals surface area contributed by atoms with E-state index in [4.69, 9.17) is 15.2 Å². The van der Waals surface area contributed by atoms with Crippen molar-refractivity contribution < 1.29 is 14.3 Å². The largest absolute Gasteiger partial charge is 0.493 e. The smallest absolute Gasteiger partial charge is 0.236 e. The Hall–Kier alpha value is -1.75. The van der Waals surface area contributed by atoms with Gasteiger partial charge in [-0.1, -0.05) is 6.07 Å². The highest BCUT2D eigenvalue weighted by atomic mass is 16.5. The normalized spacial score (nSPS) is 11.8. The van der Waals surface area contributed by atoms with Crippen molar-refractivity contribution in [2.45, 2.75) is 26.4 Å². The summed E-state index contributed by atoms with van der Waals surface area (Å²) in [6.07, 6.45) is 0. The summed E-state index contributed by atoms with van der Waals surface area (Å²) in [5, 5.41) is 2.74. The van der Waals surface area contributed by atoms with Gasteiger partial charge in [0.25, 0.3) is 0 Å². The summed E-state index contributed by atoms with van der Waals surface area (Å²) in [6.45, 7) is 4.56. The van der Waals surface area contributed by atoms with E-state index in [9.17, 15) is 4.79 Å². The van der Waals surface area contributed by atoms with Gasteiger partial charge in [0.1, 0.15) is 0 Å². The molecule has 0 saturated carbocycles. The molecule has 1 rings (SSSR count). The molecule has 1 amide bonds. The molecule has 0 spiro atoms. The van der Waals surface area contributed by atoms with Gasteiger partial charge in [-0.05, 0) is 31.5 Å². The van der Waals surface area contributed by atoms with Crippen LogP contribution in [0.2, 0.25) is 0 Å². The van der Waals surface area contributed by atoms with Crippen LogP contribution in [0, 0.1) is 0 Å². The number of ether oxygens (including phenoxy) is 2. The van der Waals surface area contributed by atoms with Crippen molar-refractivity contribution >= 4 is 5.91 Å². The number of rotatable bonds is 6. The van der Waals surface area contributed by atoms with Crippen molar-refractivity contribution in [3.63, 3.8) is 0 Å². The van der Waals surface area contributed by atoms with Gasteiger partial charge in [0.2, 0.25) is 5.91 Å². The number of amides is 1. The molecule has 0 aromatic heterocycles. The van der Waals surface area contributed by atoms with Gasteiger partial charge in [0, 0.05) is 6.54 Å². The van der Waals surface area contributed by atoms with E-state index in [1.165, 1.54) is 0 Å². The number of benzene rings is 1. The highest BCUT2D eigenvalue weighted by Crippen LogP contribution is 2.27. The molecule has 18 heavy (non-hydrogen) atoms. The maximum atomic E-state index is 11.3. The Bertz CT molecular complexity index is 405. The Morgan fingerprint density at radius 2 is 2.17 bits per heavy atom. The Kier molecular flexibility index (Phi) is 5.45. The second-order valence-electron chi connectivity index (χ2n) is 3.92. The molecule has 5 nitrogen and oxygen atoms in total. The number of carbonyl (C=O) groups is 1. The third kappa shape index (κ3) is 3.92. The lowest BCUT2D eigenvalue weighted by molar-refractivity contribution is -0.122. The van der Waals surface area contributed by atoms with Gasteiger partial charge in [-0.15, -0.1) is 0 Å². The van der Waals surface area contributed by atoms with Crippen LogP contribution in [0.25, 0.3) is 0 Å². The van der Waals surface area contributed by atoms with E-state index < -0.39 is 6.04 Å². The first-order valence-electron chi connectivity index (χ1n) is 5.91. The van der Waals surface area contributed by atoms with Crippen molar-refractivity contribution in [1.82, 2.24) is 5.32 Å². The first-order chi connectivity index (χ1) is 8.58. The summed E-state index contributed by atoms with van der Waals surface area (Å²) in [5.74, 6) is 1.18. The third-order valence-electron chi connectivity index (χ3n) is 2.41. The third-order valence-corrected chi connectivity index (χ3v) is 2.41. The van der Waals surface area contributed by atoms with Gasteiger partial charge in [-0.25, -0.2) is 0 Å². The van der Waals surface area contributed by atoms with E-state index in [1.54, 1.807) is 14.0 Å². The van der Waals surface area contributed by atoms with E-state index in [-0.39, 0.29) is 5.91 Å². The highest BCUT2D eigenvalue weighted by Gasteiger charge is 2.08. The zero-order valence-corrected chi connectivity index (χ0v) is 11.0. The summed E-state index contributed by atoms with van der Waals surface area (Å²) in [5.41, 5.74) is 6.40. The molecule has 0 saturated heterocycles. The Balaban J connectivity index is 2.70. The molecule has 0 heterocycles. The molecule has 1 atom stereocenters. The van der Waals surface area contributed by atoms with Crippen LogP contribution in [0.3, 0.4) is 0 Å². The van der Waals surface area contributed by atoms with Gasteiger partial charge >= 0.3 is 0 Å². The molecule has 0 aliphatic heterocycles. The van der Waals surface area contributed by atoms with Crippen molar-refractivity contribution in [2.75, 3.05) is 13.7 Å². The van der Waals surface area contributed by atoms with Crippen LogP contribution in [0.1, 0.15) is 19.4 Å². The van der Waals surface area contributed by atoms with Gasteiger partial charge in [-0.3, -0.25) is 4.79 Å². The number of nitrogens with one attached hydrogen (secondary N) is 1. The molecule has 3 N–H and O–H groups in total. The second-order valence-corrected chi connectivity index (χ2v) is 3.92. The summed E-state index contributed by atoms with van der Waals surface area (Å²) < 4.78 is 10.6. The predicted octanol–water partition coefficient (Wildman–Crippen LogP) is 1.06. The van der Waals surface area contributed by atoms with E-state index >= 15 is 0 Å². The zero-order valence-electron chi connectivity index (χ0n) is 11.0. The zero-order chi connectivity index (χ0) is 13.5. The van der Waals surface area contributed by atoms with E-state index in [1.807, 2.05) is 25.1 Å².